The van der Waals surface area contributed by atoms with E-state index in [1.807, 2.05) is 0 Å². The molecule has 0 aliphatic rings. The molecule has 6 heteroatoms. The summed E-state index contributed by atoms with van der Waals surface area (Å²) >= 11 is 0. The molecular weight excluding hydrogens is 222 g/mol. The lowest BCUT2D eigenvalue weighted by atomic mass is 10.3. The summed E-state index contributed by atoms with van der Waals surface area (Å²) in [4.78, 5) is 14.7. The zero-order valence-corrected chi connectivity index (χ0v) is 9.20. The number of hydrogen-bond donors (Lipinski definition) is 1. The fraction of sp³-hybridized carbons (Fsp3) is 0.182. The summed E-state index contributed by atoms with van der Waals surface area (Å²) in [5.41, 5.74) is 0.627. The van der Waals surface area contributed by atoms with E-state index in [0.717, 1.165) is 0 Å². The van der Waals surface area contributed by atoms with Crippen molar-refractivity contribution in [3.63, 3.8) is 0 Å². The Labute approximate surface area is 97.5 Å². The molecule has 1 N–H and O–H groups in total. The minimum absolute atomic E-state index is 0.0516. The summed E-state index contributed by atoms with van der Waals surface area (Å²) in [5, 5.41) is 12.7. The first-order chi connectivity index (χ1) is 8.19. The van der Waals surface area contributed by atoms with Crippen LogP contribution < -0.4 is 4.74 Å². The Morgan fingerprint density at radius 2 is 2.41 bits per heavy atom. The molecule has 2 aromatic rings. The van der Waals surface area contributed by atoms with Crippen molar-refractivity contribution in [3.8, 4) is 11.6 Å². The van der Waals surface area contributed by atoms with Crippen LogP contribution in [-0.2, 0) is 11.2 Å². The standard InChI is InChI=1S/C11H11N3O3/c1-17-9-2-3-12-10(5-9)14-7-8(6-13-14)4-11(15)16/h2-3,5-7H,4H2,1H3,(H,15,16). The van der Waals surface area contributed by atoms with Gasteiger partial charge in [0, 0.05) is 24.0 Å². The van der Waals surface area contributed by atoms with E-state index in [0.29, 0.717) is 17.1 Å². The van der Waals surface area contributed by atoms with Crippen LogP contribution in [-0.4, -0.2) is 33.0 Å². The number of aromatic nitrogens is 3. The van der Waals surface area contributed by atoms with Crippen molar-refractivity contribution >= 4 is 5.97 Å². The van der Waals surface area contributed by atoms with Crippen LogP contribution in [0.15, 0.2) is 30.7 Å². The van der Waals surface area contributed by atoms with Gasteiger partial charge in [-0.15, -0.1) is 0 Å². The van der Waals surface area contributed by atoms with Gasteiger partial charge in [0.15, 0.2) is 5.82 Å². The summed E-state index contributed by atoms with van der Waals surface area (Å²) < 4.78 is 6.59. The Balaban J connectivity index is 2.26. The van der Waals surface area contributed by atoms with Gasteiger partial charge in [-0.3, -0.25) is 4.79 Å². The highest BCUT2D eigenvalue weighted by molar-refractivity contribution is 5.69. The molecular formula is C11H11N3O3. The van der Waals surface area contributed by atoms with Crippen LogP contribution in [0.1, 0.15) is 5.56 Å². The van der Waals surface area contributed by atoms with Gasteiger partial charge in [-0.1, -0.05) is 0 Å². The number of carboxylic acid groups (broad SMARTS) is 1. The largest absolute Gasteiger partial charge is 0.497 e. The predicted octanol–water partition coefficient (Wildman–Crippen LogP) is 0.903. The molecule has 0 bridgehead atoms. The molecule has 0 aromatic carbocycles. The van der Waals surface area contributed by atoms with Gasteiger partial charge in [-0.05, 0) is 6.07 Å². The van der Waals surface area contributed by atoms with E-state index in [2.05, 4.69) is 10.1 Å². The average Bonchev–Trinajstić information content (AvgIpc) is 2.77. The smallest absolute Gasteiger partial charge is 0.307 e. The molecule has 0 atom stereocenters. The lowest BCUT2D eigenvalue weighted by Crippen LogP contribution is -2.00. The van der Waals surface area contributed by atoms with Gasteiger partial charge in [0.2, 0.25) is 0 Å². The number of ether oxygens (including phenoxy) is 1. The second-order valence-corrected chi connectivity index (χ2v) is 3.42. The highest BCUT2D eigenvalue weighted by atomic mass is 16.5. The molecule has 2 heterocycles. The van der Waals surface area contributed by atoms with Gasteiger partial charge in [-0.2, -0.15) is 5.10 Å². The van der Waals surface area contributed by atoms with Crippen molar-refractivity contribution < 1.29 is 14.6 Å². The van der Waals surface area contributed by atoms with Crippen molar-refractivity contribution in [3.05, 3.63) is 36.3 Å². The maximum Gasteiger partial charge on any atom is 0.307 e. The normalized spacial score (nSPS) is 10.2. The highest BCUT2D eigenvalue weighted by Gasteiger charge is 2.06. The van der Waals surface area contributed by atoms with Crippen LogP contribution in [0, 0.1) is 0 Å². The number of carboxylic acids is 1. The van der Waals surface area contributed by atoms with Crippen LogP contribution in [0.4, 0.5) is 0 Å². The minimum atomic E-state index is -0.886. The van der Waals surface area contributed by atoms with Gasteiger partial charge >= 0.3 is 5.97 Å². The molecule has 2 rings (SSSR count). The van der Waals surface area contributed by atoms with Crippen molar-refractivity contribution in [1.82, 2.24) is 14.8 Å². The van der Waals surface area contributed by atoms with E-state index in [4.69, 9.17) is 9.84 Å². The number of rotatable bonds is 4. The molecule has 0 unspecified atom stereocenters. The summed E-state index contributed by atoms with van der Waals surface area (Å²) in [6.07, 6.45) is 4.70. The second kappa shape index (κ2) is 4.65. The van der Waals surface area contributed by atoms with Crippen LogP contribution in [0.3, 0.4) is 0 Å². The van der Waals surface area contributed by atoms with Crippen LogP contribution in [0.2, 0.25) is 0 Å². The zero-order chi connectivity index (χ0) is 12.3. The van der Waals surface area contributed by atoms with Gasteiger partial charge in [0.25, 0.3) is 0 Å². The molecule has 0 saturated heterocycles. The first-order valence-corrected chi connectivity index (χ1v) is 4.95. The molecule has 0 saturated carbocycles. The number of carbonyl (C=O) groups is 1. The van der Waals surface area contributed by atoms with Gasteiger partial charge < -0.3 is 9.84 Å². The number of nitrogens with zero attached hydrogens (tertiary/aromatic N) is 3. The van der Waals surface area contributed by atoms with Crippen molar-refractivity contribution in [2.45, 2.75) is 6.42 Å². The molecule has 17 heavy (non-hydrogen) atoms. The maximum absolute atomic E-state index is 10.5. The number of hydrogen-bond acceptors (Lipinski definition) is 4. The monoisotopic (exact) mass is 233 g/mol. The van der Waals surface area contributed by atoms with Crippen molar-refractivity contribution in [1.29, 1.82) is 0 Å². The molecule has 0 fully saturated rings. The predicted molar refractivity (Wildman–Crippen MR) is 59.3 cm³/mol. The molecule has 0 radical (unpaired) electrons. The van der Waals surface area contributed by atoms with Gasteiger partial charge in [0.05, 0.1) is 19.7 Å². The molecule has 2 aromatic heterocycles. The van der Waals surface area contributed by atoms with E-state index < -0.39 is 5.97 Å². The SMILES string of the molecule is COc1ccnc(-n2cc(CC(=O)O)cn2)c1. The molecule has 88 valence electrons. The lowest BCUT2D eigenvalue weighted by Gasteiger charge is -2.02. The molecule has 0 aliphatic heterocycles. The third-order valence-electron chi connectivity index (χ3n) is 2.18. The Bertz CT molecular complexity index is 536. The second-order valence-electron chi connectivity index (χ2n) is 3.42. The van der Waals surface area contributed by atoms with Gasteiger partial charge in [-0.25, -0.2) is 9.67 Å². The highest BCUT2D eigenvalue weighted by Crippen LogP contribution is 2.13. The van der Waals surface area contributed by atoms with E-state index in [9.17, 15) is 4.79 Å². The fourth-order valence-electron chi connectivity index (χ4n) is 1.40. The summed E-state index contributed by atoms with van der Waals surface area (Å²) in [5.74, 6) is 0.370. The number of methoxy groups -OCH3 is 1. The zero-order valence-electron chi connectivity index (χ0n) is 9.20. The number of pyridine rings is 1. The van der Waals surface area contributed by atoms with Crippen LogP contribution >= 0.6 is 0 Å². The lowest BCUT2D eigenvalue weighted by molar-refractivity contribution is -0.136. The quantitative estimate of drug-likeness (QED) is 0.849. The molecule has 0 spiro atoms. The molecule has 0 aliphatic carbocycles. The topological polar surface area (TPSA) is 77.2 Å². The number of aliphatic carboxylic acids is 1. The van der Waals surface area contributed by atoms with Crippen molar-refractivity contribution in [2.75, 3.05) is 7.11 Å². The van der Waals surface area contributed by atoms with E-state index in [1.54, 1.807) is 31.6 Å². The Morgan fingerprint density at radius 1 is 1.59 bits per heavy atom. The Hall–Kier alpha value is -2.37. The first-order valence-electron chi connectivity index (χ1n) is 4.95. The fourth-order valence-corrected chi connectivity index (χ4v) is 1.40. The maximum atomic E-state index is 10.5. The first kappa shape index (κ1) is 11.1. The molecule has 0 amide bonds. The average molecular weight is 233 g/mol. The van der Waals surface area contributed by atoms with Crippen LogP contribution in [0.25, 0.3) is 5.82 Å². The third kappa shape index (κ3) is 2.60. The summed E-state index contributed by atoms with van der Waals surface area (Å²) in [7, 11) is 1.57. The summed E-state index contributed by atoms with van der Waals surface area (Å²) in [6, 6.07) is 3.45. The third-order valence-corrected chi connectivity index (χ3v) is 2.18. The van der Waals surface area contributed by atoms with Crippen molar-refractivity contribution in [2.24, 2.45) is 0 Å². The Kier molecular flexibility index (Phi) is 3.04. The van der Waals surface area contributed by atoms with E-state index in [1.165, 1.54) is 10.9 Å². The van der Waals surface area contributed by atoms with E-state index >= 15 is 0 Å². The van der Waals surface area contributed by atoms with E-state index in [-0.39, 0.29) is 6.42 Å². The Morgan fingerprint density at radius 3 is 3.12 bits per heavy atom. The molecule has 6 nitrogen and oxygen atoms in total. The summed E-state index contributed by atoms with van der Waals surface area (Å²) in [6.45, 7) is 0. The van der Waals surface area contributed by atoms with Crippen LogP contribution in [0.5, 0.6) is 5.75 Å². The van der Waals surface area contributed by atoms with Gasteiger partial charge in [0.1, 0.15) is 5.75 Å². The minimum Gasteiger partial charge on any atom is -0.497 e.